The Kier molecular flexibility index (Phi) is 4.43. The molecule has 1 N–H and O–H groups in total. The van der Waals surface area contributed by atoms with Crippen LogP contribution < -0.4 is 10.1 Å². The van der Waals surface area contributed by atoms with Crippen molar-refractivity contribution in [2.24, 2.45) is 0 Å². The zero-order valence-electron chi connectivity index (χ0n) is 15.3. The summed E-state index contributed by atoms with van der Waals surface area (Å²) in [7, 11) is 0. The molecule has 5 rings (SSSR count). The van der Waals surface area contributed by atoms with E-state index in [0.717, 1.165) is 37.4 Å². The Labute approximate surface area is 156 Å². The number of ether oxygens (including phenoxy) is 1. The van der Waals surface area contributed by atoms with E-state index in [1.165, 1.54) is 36.8 Å². The highest BCUT2D eigenvalue weighted by molar-refractivity contribution is 5.37. The smallest absolute Gasteiger partial charge is 0.124 e. The largest absolute Gasteiger partial charge is 0.493 e. The molecular formula is C23H28N2O. The number of piperidine rings is 1. The Morgan fingerprint density at radius 1 is 0.885 bits per heavy atom. The van der Waals surface area contributed by atoms with E-state index in [9.17, 15) is 0 Å². The number of hydrogen-bond donors (Lipinski definition) is 1. The second-order valence-electron chi connectivity index (χ2n) is 8.11. The van der Waals surface area contributed by atoms with Gasteiger partial charge in [0.2, 0.25) is 0 Å². The molecule has 0 saturated carbocycles. The van der Waals surface area contributed by atoms with Crippen LogP contribution in [0.25, 0.3) is 0 Å². The highest BCUT2D eigenvalue weighted by Gasteiger charge is 2.41. The minimum atomic E-state index is 0.449. The first-order valence-electron chi connectivity index (χ1n) is 10.1. The maximum Gasteiger partial charge on any atom is 0.124 e. The number of nitrogens with zero attached hydrogens (tertiary/aromatic N) is 1. The summed E-state index contributed by atoms with van der Waals surface area (Å²) in [6.07, 6.45) is 6.36. The lowest BCUT2D eigenvalue weighted by Crippen LogP contribution is -2.49. The quantitative estimate of drug-likeness (QED) is 0.892. The summed E-state index contributed by atoms with van der Waals surface area (Å²) in [4.78, 5) is 2.77. The van der Waals surface area contributed by atoms with E-state index >= 15 is 0 Å². The topological polar surface area (TPSA) is 24.5 Å². The number of nitrogens with one attached hydrogen (secondary N) is 1. The van der Waals surface area contributed by atoms with E-state index in [-0.39, 0.29) is 0 Å². The van der Waals surface area contributed by atoms with E-state index in [1.54, 1.807) is 0 Å². The van der Waals surface area contributed by atoms with Crippen molar-refractivity contribution in [1.82, 2.24) is 10.2 Å². The van der Waals surface area contributed by atoms with Crippen molar-refractivity contribution in [3.63, 3.8) is 0 Å². The molecule has 3 aliphatic rings. The van der Waals surface area contributed by atoms with Gasteiger partial charge in [-0.25, -0.2) is 0 Å². The standard InChI is InChI=1S/C23H28N2O/c1-2-6-17(7-3-1)16-25-19-10-11-20(25)15-18(14-19)24-22-12-13-26-23-9-5-4-8-21(22)23/h1-9,18-20,22,24H,10-16H2/t18?,19-,20+,22?. The molecule has 26 heavy (non-hydrogen) atoms. The molecule has 0 aromatic heterocycles. The van der Waals surface area contributed by atoms with Crippen molar-refractivity contribution in [2.45, 2.75) is 62.8 Å². The number of benzene rings is 2. The molecule has 3 heteroatoms. The predicted molar refractivity (Wildman–Crippen MR) is 104 cm³/mol. The lowest BCUT2D eigenvalue weighted by Gasteiger charge is -2.41. The number of hydrogen-bond acceptors (Lipinski definition) is 3. The van der Waals surface area contributed by atoms with Gasteiger partial charge in [-0.3, -0.25) is 4.90 Å². The fourth-order valence-corrected chi connectivity index (χ4v) is 5.26. The Balaban J connectivity index is 1.26. The van der Waals surface area contributed by atoms with Crippen LogP contribution in [0.3, 0.4) is 0 Å². The van der Waals surface area contributed by atoms with Crippen molar-refractivity contribution in [2.75, 3.05) is 6.61 Å². The molecular weight excluding hydrogens is 320 g/mol. The second-order valence-corrected chi connectivity index (χ2v) is 8.11. The Morgan fingerprint density at radius 3 is 2.42 bits per heavy atom. The number of para-hydroxylation sites is 1. The molecule has 3 aliphatic heterocycles. The molecule has 2 saturated heterocycles. The average molecular weight is 348 g/mol. The van der Waals surface area contributed by atoms with Crippen LogP contribution in [0.1, 0.15) is 49.3 Å². The summed E-state index contributed by atoms with van der Waals surface area (Å²) in [6, 6.07) is 22.1. The monoisotopic (exact) mass is 348 g/mol. The summed E-state index contributed by atoms with van der Waals surface area (Å²) in [5.41, 5.74) is 2.80. The van der Waals surface area contributed by atoms with E-state index in [2.05, 4.69) is 64.8 Å². The minimum absolute atomic E-state index is 0.449. The van der Waals surface area contributed by atoms with Crippen molar-refractivity contribution < 1.29 is 4.74 Å². The normalized spacial score (nSPS) is 30.6. The highest BCUT2D eigenvalue weighted by Crippen LogP contribution is 2.39. The maximum atomic E-state index is 5.83. The Bertz CT molecular complexity index is 733. The van der Waals surface area contributed by atoms with Crippen LogP contribution in [0.4, 0.5) is 0 Å². The second kappa shape index (κ2) is 7.05. The first-order valence-corrected chi connectivity index (χ1v) is 10.1. The van der Waals surface area contributed by atoms with Gasteiger partial charge in [-0.15, -0.1) is 0 Å². The first kappa shape index (κ1) is 16.3. The fraction of sp³-hybridized carbons (Fsp3) is 0.478. The molecule has 0 amide bonds. The van der Waals surface area contributed by atoms with Crippen molar-refractivity contribution >= 4 is 0 Å². The number of rotatable bonds is 4. The summed E-state index contributed by atoms with van der Waals surface area (Å²) in [6.45, 7) is 1.94. The van der Waals surface area contributed by atoms with Gasteiger partial charge in [0.05, 0.1) is 6.61 Å². The predicted octanol–water partition coefficient (Wildman–Crippen LogP) is 4.30. The number of fused-ring (bicyclic) bond motifs is 3. The third kappa shape index (κ3) is 3.15. The van der Waals surface area contributed by atoms with Crippen LogP contribution in [0.2, 0.25) is 0 Å². The molecule has 0 spiro atoms. The van der Waals surface area contributed by atoms with Gasteiger partial charge in [0.25, 0.3) is 0 Å². The van der Waals surface area contributed by atoms with E-state index in [1.807, 2.05) is 0 Å². The third-order valence-electron chi connectivity index (χ3n) is 6.49. The fourth-order valence-electron chi connectivity index (χ4n) is 5.26. The van der Waals surface area contributed by atoms with Crippen LogP contribution >= 0.6 is 0 Å². The highest BCUT2D eigenvalue weighted by atomic mass is 16.5. The molecule has 0 aliphatic carbocycles. The van der Waals surface area contributed by atoms with E-state index in [0.29, 0.717) is 12.1 Å². The molecule has 2 unspecified atom stereocenters. The molecule has 136 valence electrons. The van der Waals surface area contributed by atoms with Gasteiger partial charge in [0, 0.05) is 42.7 Å². The average Bonchev–Trinajstić information content (AvgIpc) is 2.91. The van der Waals surface area contributed by atoms with Gasteiger partial charge in [0.1, 0.15) is 5.75 Å². The van der Waals surface area contributed by atoms with Crippen LogP contribution in [-0.2, 0) is 6.54 Å². The van der Waals surface area contributed by atoms with Gasteiger partial charge in [-0.2, -0.15) is 0 Å². The summed E-state index contributed by atoms with van der Waals surface area (Å²) < 4.78 is 5.83. The Morgan fingerprint density at radius 2 is 1.62 bits per heavy atom. The first-order chi connectivity index (χ1) is 12.9. The zero-order chi connectivity index (χ0) is 17.3. The molecule has 2 aromatic rings. The van der Waals surface area contributed by atoms with Crippen LogP contribution in [0.5, 0.6) is 5.75 Å². The van der Waals surface area contributed by atoms with Crippen molar-refractivity contribution in [3.8, 4) is 5.75 Å². The molecule has 2 bridgehead atoms. The van der Waals surface area contributed by atoms with E-state index in [4.69, 9.17) is 4.74 Å². The Hall–Kier alpha value is -1.84. The van der Waals surface area contributed by atoms with Gasteiger partial charge >= 0.3 is 0 Å². The molecule has 2 aromatic carbocycles. The van der Waals surface area contributed by atoms with Crippen LogP contribution in [0.15, 0.2) is 54.6 Å². The van der Waals surface area contributed by atoms with Gasteiger partial charge in [-0.1, -0.05) is 48.5 Å². The lowest BCUT2D eigenvalue weighted by molar-refractivity contribution is 0.101. The zero-order valence-corrected chi connectivity index (χ0v) is 15.3. The van der Waals surface area contributed by atoms with Gasteiger partial charge in [0.15, 0.2) is 0 Å². The molecule has 3 nitrogen and oxygen atoms in total. The minimum Gasteiger partial charge on any atom is -0.493 e. The SMILES string of the molecule is c1ccc(CN2[C@@H]3CC[C@H]2CC(NC2CCOc4ccccc42)C3)cc1. The molecule has 4 atom stereocenters. The molecule has 0 radical (unpaired) electrons. The summed E-state index contributed by atoms with van der Waals surface area (Å²) in [5, 5.41) is 3.99. The summed E-state index contributed by atoms with van der Waals surface area (Å²) >= 11 is 0. The van der Waals surface area contributed by atoms with Gasteiger partial charge < -0.3 is 10.1 Å². The lowest BCUT2D eigenvalue weighted by atomic mass is 9.93. The van der Waals surface area contributed by atoms with Crippen LogP contribution in [0, 0.1) is 0 Å². The van der Waals surface area contributed by atoms with Crippen LogP contribution in [-0.4, -0.2) is 29.6 Å². The van der Waals surface area contributed by atoms with Crippen molar-refractivity contribution in [3.05, 3.63) is 65.7 Å². The molecule has 3 heterocycles. The maximum absolute atomic E-state index is 5.83. The van der Waals surface area contributed by atoms with Crippen molar-refractivity contribution in [1.29, 1.82) is 0 Å². The van der Waals surface area contributed by atoms with Gasteiger partial charge in [-0.05, 0) is 37.3 Å². The van der Waals surface area contributed by atoms with E-state index < -0.39 is 0 Å². The molecule has 2 fully saturated rings. The third-order valence-corrected chi connectivity index (χ3v) is 6.49. The summed E-state index contributed by atoms with van der Waals surface area (Å²) in [5.74, 6) is 1.07.